The van der Waals surface area contributed by atoms with E-state index in [-0.39, 0.29) is 18.4 Å². The molecule has 0 aliphatic carbocycles. The highest BCUT2D eigenvalue weighted by atomic mass is 35.5. The maximum atomic E-state index is 6.09. The van der Waals surface area contributed by atoms with E-state index in [1.807, 2.05) is 0 Å². The van der Waals surface area contributed by atoms with E-state index < -0.39 is 0 Å². The maximum Gasteiger partial charge on any atom is 0.254 e. The lowest BCUT2D eigenvalue weighted by Crippen LogP contribution is -1.96. The molecule has 0 atom stereocenters. The van der Waals surface area contributed by atoms with Crippen molar-refractivity contribution in [2.24, 2.45) is 0 Å². The van der Waals surface area contributed by atoms with Gasteiger partial charge < -0.3 is 23.4 Å². The summed E-state index contributed by atoms with van der Waals surface area (Å²) in [7, 11) is 4.57. The lowest BCUT2D eigenvalue weighted by molar-refractivity contribution is 0.264. The van der Waals surface area contributed by atoms with Crippen molar-refractivity contribution >= 4 is 34.8 Å². The minimum Gasteiger partial charge on any atom is -0.493 e. The molecule has 0 aliphatic heterocycles. The highest BCUT2D eigenvalue weighted by Gasteiger charge is 2.18. The first-order chi connectivity index (χ1) is 13.5. The lowest BCUT2D eigenvalue weighted by atomic mass is 10.2. The summed E-state index contributed by atoms with van der Waals surface area (Å²) in [6, 6.07) is 6.42. The molecule has 7 nitrogen and oxygen atoms in total. The van der Waals surface area contributed by atoms with Crippen LogP contribution < -0.4 is 18.9 Å². The molecule has 0 amide bonds. The Labute approximate surface area is 176 Å². The Kier molecular flexibility index (Phi) is 6.39. The average molecular weight is 446 g/mol. The summed E-state index contributed by atoms with van der Waals surface area (Å²) in [5.41, 5.74) is 0.598. The van der Waals surface area contributed by atoms with Gasteiger partial charge in [-0.1, -0.05) is 34.8 Å². The van der Waals surface area contributed by atoms with Gasteiger partial charge in [0.25, 0.3) is 5.89 Å². The van der Waals surface area contributed by atoms with E-state index >= 15 is 0 Å². The Morgan fingerprint density at radius 1 is 0.786 bits per heavy atom. The predicted molar refractivity (Wildman–Crippen MR) is 105 cm³/mol. The fourth-order valence-electron chi connectivity index (χ4n) is 2.39. The number of nitrogens with zero attached hydrogens (tertiary/aromatic N) is 2. The first-order valence-electron chi connectivity index (χ1n) is 7.87. The van der Waals surface area contributed by atoms with Gasteiger partial charge in [-0.3, -0.25) is 0 Å². The molecule has 0 unspecified atom stereocenters. The summed E-state index contributed by atoms with van der Waals surface area (Å²) >= 11 is 18.0. The molecule has 0 fully saturated rings. The van der Waals surface area contributed by atoms with Crippen molar-refractivity contribution in [1.82, 2.24) is 10.2 Å². The second-order valence-corrected chi connectivity index (χ2v) is 6.62. The van der Waals surface area contributed by atoms with Gasteiger partial charge in [-0.15, -0.1) is 10.2 Å². The van der Waals surface area contributed by atoms with Crippen molar-refractivity contribution < 1.29 is 23.4 Å². The minimum atomic E-state index is -0.00486. The van der Waals surface area contributed by atoms with E-state index in [1.165, 1.54) is 33.5 Å². The SMILES string of the molecule is COc1cc(-c2nnc(COc3cc(Cl)c(Cl)cc3Cl)o2)cc(OC)c1OC. The minimum absolute atomic E-state index is 0.00486. The predicted octanol–water partition coefficient (Wildman–Crippen LogP) is 5.30. The third-order valence-corrected chi connectivity index (χ3v) is 4.72. The smallest absolute Gasteiger partial charge is 0.254 e. The van der Waals surface area contributed by atoms with Crippen LogP contribution in [0.5, 0.6) is 23.0 Å². The Balaban J connectivity index is 1.82. The van der Waals surface area contributed by atoms with E-state index in [1.54, 1.807) is 12.1 Å². The summed E-state index contributed by atoms with van der Waals surface area (Å²) in [5, 5.41) is 8.98. The van der Waals surface area contributed by atoms with Crippen LogP contribution in [-0.4, -0.2) is 31.5 Å². The van der Waals surface area contributed by atoms with Gasteiger partial charge in [0.2, 0.25) is 11.6 Å². The molecule has 148 valence electrons. The topological polar surface area (TPSA) is 75.8 Å². The molecule has 0 aliphatic rings. The number of methoxy groups -OCH3 is 3. The number of hydrogen-bond acceptors (Lipinski definition) is 7. The van der Waals surface area contributed by atoms with Crippen LogP contribution in [0.4, 0.5) is 0 Å². The van der Waals surface area contributed by atoms with Gasteiger partial charge in [-0.2, -0.15) is 0 Å². The van der Waals surface area contributed by atoms with Gasteiger partial charge in [0.05, 0.1) is 36.4 Å². The number of aromatic nitrogens is 2. The van der Waals surface area contributed by atoms with Crippen molar-refractivity contribution in [2.75, 3.05) is 21.3 Å². The fourth-order valence-corrected chi connectivity index (χ4v) is 2.98. The molecule has 0 spiro atoms. The van der Waals surface area contributed by atoms with Gasteiger partial charge in [-0.05, 0) is 18.2 Å². The van der Waals surface area contributed by atoms with Crippen LogP contribution in [0.1, 0.15) is 5.89 Å². The number of hydrogen-bond donors (Lipinski definition) is 0. The summed E-state index contributed by atoms with van der Waals surface area (Å²) in [6.45, 7) is -0.00486. The number of benzene rings is 2. The molecule has 0 saturated heterocycles. The van der Waals surface area contributed by atoms with Gasteiger partial charge in [0, 0.05) is 11.6 Å². The highest BCUT2D eigenvalue weighted by Crippen LogP contribution is 2.41. The van der Waals surface area contributed by atoms with Crippen LogP contribution in [0.15, 0.2) is 28.7 Å². The molecule has 2 aromatic carbocycles. The van der Waals surface area contributed by atoms with Crippen LogP contribution in [0, 0.1) is 0 Å². The van der Waals surface area contributed by atoms with Crippen molar-refractivity contribution in [3.05, 3.63) is 45.2 Å². The van der Waals surface area contributed by atoms with Gasteiger partial charge in [0.1, 0.15) is 5.75 Å². The third kappa shape index (κ3) is 4.22. The van der Waals surface area contributed by atoms with Crippen molar-refractivity contribution in [3.8, 4) is 34.5 Å². The molecule has 0 radical (unpaired) electrons. The zero-order valence-corrected chi connectivity index (χ0v) is 17.4. The first-order valence-corrected chi connectivity index (χ1v) is 9.00. The van der Waals surface area contributed by atoms with Gasteiger partial charge >= 0.3 is 0 Å². The standard InChI is InChI=1S/C18H15Cl3N2O5/c1-24-14-4-9(5-15(25-2)17(14)26-3)18-23-22-16(28-18)8-27-13-7-11(20)10(19)6-12(13)21/h4-7H,8H2,1-3H3. The molecule has 3 rings (SSSR count). The summed E-state index contributed by atoms with van der Waals surface area (Å²) in [4.78, 5) is 0. The number of halogens is 3. The normalized spacial score (nSPS) is 10.6. The van der Waals surface area contributed by atoms with E-state index in [2.05, 4.69) is 10.2 Å². The molecular weight excluding hydrogens is 431 g/mol. The molecule has 3 aromatic rings. The Hall–Kier alpha value is -2.35. The Morgan fingerprint density at radius 2 is 1.43 bits per heavy atom. The molecule has 1 heterocycles. The van der Waals surface area contributed by atoms with Crippen molar-refractivity contribution in [1.29, 1.82) is 0 Å². The van der Waals surface area contributed by atoms with Gasteiger partial charge in [0.15, 0.2) is 18.1 Å². The second kappa shape index (κ2) is 8.77. The van der Waals surface area contributed by atoms with Crippen LogP contribution in [0.2, 0.25) is 15.1 Å². The van der Waals surface area contributed by atoms with E-state index in [9.17, 15) is 0 Å². The molecule has 1 aromatic heterocycles. The Morgan fingerprint density at radius 3 is 2.04 bits per heavy atom. The zero-order chi connectivity index (χ0) is 20.3. The molecule has 0 N–H and O–H groups in total. The van der Waals surface area contributed by atoms with Crippen LogP contribution in [-0.2, 0) is 6.61 Å². The van der Waals surface area contributed by atoms with Crippen molar-refractivity contribution in [2.45, 2.75) is 6.61 Å². The number of rotatable bonds is 7. The maximum absolute atomic E-state index is 6.09. The molecule has 28 heavy (non-hydrogen) atoms. The lowest BCUT2D eigenvalue weighted by Gasteiger charge is -2.12. The van der Waals surface area contributed by atoms with Crippen LogP contribution >= 0.6 is 34.8 Å². The fraction of sp³-hybridized carbons (Fsp3) is 0.222. The van der Waals surface area contributed by atoms with Gasteiger partial charge in [-0.25, -0.2) is 0 Å². The van der Waals surface area contributed by atoms with E-state index in [0.717, 1.165) is 0 Å². The van der Waals surface area contributed by atoms with Crippen LogP contribution in [0.3, 0.4) is 0 Å². The molecule has 0 bridgehead atoms. The van der Waals surface area contributed by atoms with E-state index in [0.29, 0.717) is 43.6 Å². The largest absolute Gasteiger partial charge is 0.493 e. The Bertz CT molecular complexity index is 968. The average Bonchev–Trinajstić information content (AvgIpc) is 3.17. The van der Waals surface area contributed by atoms with E-state index in [4.69, 9.17) is 58.2 Å². The monoisotopic (exact) mass is 444 g/mol. The van der Waals surface area contributed by atoms with Crippen molar-refractivity contribution in [3.63, 3.8) is 0 Å². The molecule has 0 saturated carbocycles. The molecule has 10 heteroatoms. The number of ether oxygens (including phenoxy) is 4. The second-order valence-electron chi connectivity index (χ2n) is 5.40. The van der Waals surface area contributed by atoms with Crippen LogP contribution in [0.25, 0.3) is 11.5 Å². The first kappa shape index (κ1) is 20.4. The zero-order valence-electron chi connectivity index (χ0n) is 15.1. The summed E-state index contributed by atoms with van der Waals surface area (Å²) in [6.07, 6.45) is 0. The third-order valence-electron chi connectivity index (χ3n) is 3.70. The summed E-state index contributed by atoms with van der Waals surface area (Å²) in [5.74, 6) is 2.25. The highest BCUT2D eigenvalue weighted by molar-refractivity contribution is 6.43. The summed E-state index contributed by atoms with van der Waals surface area (Å²) < 4.78 is 27.2. The molecular formula is C18H15Cl3N2O5. The quantitative estimate of drug-likeness (QED) is 0.457.